The average molecular weight is 268 g/mol. The first-order valence-electron chi connectivity index (χ1n) is 6.46. The predicted molar refractivity (Wildman–Crippen MR) is 68.6 cm³/mol. The summed E-state index contributed by atoms with van der Waals surface area (Å²) >= 11 is 0. The minimum Gasteiger partial charge on any atom is -0.481 e. The van der Waals surface area contributed by atoms with E-state index in [1.807, 2.05) is 26.0 Å². The van der Waals surface area contributed by atoms with Crippen LogP contribution in [0.15, 0.2) is 18.2 Å². The summed E-state index contributed by atoms with van der Waals surface area (Å²) in [7, 11) is 0. The molecule has 0 bridgehead atoms. The van der Waals surface area contributed by atoms with Gasteiger partial charge in [0.05, 0.1) is 5.41 Å². The van der Waals surface area contributed by atoms with Gasteiger partial charge >= 0.3 is 5.97 Å². The van der Waals surface area contributed by atoms with Crippen LogP contribution in [-0.4, -0.2) is 17.0 Å². The average Bonchev–Trinajstić information content (AvgIpc) is 2.30. The van der Waals surface area contributed by atoms with Crippen LogP contribution in [0.1, 0.15) is 42.4 Å². The van der Waals surface area contributed by atoms with Gasteiger partial charge < -0.3 is 5.11 Å². The van der Waals surface area contributed by atoms with Gasteiger partial charge in [-0.15, -0.1) is 0 Å². The third-order valence-electron chi connectivity index (χ3n) is 4.14. The number of alkyl halides is 2. The lowest BCUT2D eigenvalue weighted by Crippen LogP contribution is -2.43. The van der Waals surface area contributed by atoms with Gasteiger partial charge in [0, 0.05) is 12.8 Å². The Kier molecular flexibility index (Phi) is 3.37. The minimum absolute atomic E-state index is 0.000760. The lowest BCUT2D eigenvalue weighted by molar-refractivity contribution is -0.149. The van der Waals surface area contributed by atoms with E-state index < -0.39 is 17.3 Å². The molecule has 1 fully saturated rings. The van der Waals surface area contributed by atoms with Gasteiger partial charge in [-0.25, -0.2) is 8.78 Å². The van der Waals surface area contributed by atoms with Gasteiger partial charge in [-0.2, -0.15) is 0 Å². The molecule has 0 radical (unpaired) electrons. The summed E-state index contributed by atoms with van der Waals surface area (Å²) < 4.78 is 26.6. The highest BCUT2D eigenvalue weighted by molar-refractivity contribution is 5.82. The smallest absolute Gasteiger partial charge is 0.314 e. The summed E-state index contributed by atoms with van der Waals surface area (Å²) in [6.07, 6.45) is -0.711. The maximum atomic E-state index is 13.3. The van der Waals surface area contributed by atoms with Gasteiger partial charge in [0.15, 0.2) is 0 Å². The highest BCUT2D eigenvalue weighted by atomic mass is 19.3. The lowest BCUT2D eigenvalue weighted by atomic mass is 9.67. The van der Waals surface area contributed by atoms with Crippen molar-refractivity contribution in [2.75, 3.05) is 0 Å². The van der Waals surface area contributed by atoms with Crippen LogP contribution in [0, 0.1) is 13.8 Å². The van der Waals surface area contributed by atoms with Crippen molar-refractivity contribution >= 4 is 5.97 Å². The number of halogens is 2. The van der Waals surface area contributed by atoms with E-state index in [-0.39, 0.29) is 25.7 Å². The van der Waals surface area contributed by atoms with E-state index in [0.717, 1.165) is 11.1 Å². The van der Waals surface area contributed by atoms with E-state index >= 15 is 0 Å². The minimum atomic E-state index is -2.72. The molecule has 2 nitrogen and oxygen atoms in total. The molecule has 4 heteroatoms. The number of aryl methyl sites for hydroxylation is 2. The summed E-state index contributed by atoms with van der Waals surface area (Å²) in [5.74, 6) is -3.72. The molecule has 0 unspecified atom stereocenters. The third-order valence-corrected chi connectivity index (χ3v) is 4.14. The van der Waals surface area contributed by atoms with Crippen molar-refractivity contribution in [2.45, 2.75) is 50.9 Å². The Morgan fingerprint density at radius 1 is 1.16 bits per heavy atom. The normalized spacial score (nSPS) is 21.1. The fraction of sp³-hybridized carbons (Fsp3) is 0.533. The van der Waals surface area contributed by atoms with E-state index in [4.69, 9.17) is 0 Å². The SMILES string of the molecule is Cc1ccc(C2(C(=O)O)CCC(F)(F)CC2)c(C)c1. The van der Waals surface area contributed by atoms with Crippen LogP contribution in [0.3, 0.4) is 0 Å². The number of hydrogen-bond acceptors (Lipinski definition) is 1. The summed E-state index contributed by atoms with van der Waals surface area (Å²) in [4.78, 5) is 11.7. The van der Waals surface area contributed by atoms with Crippen molar-refractivity contribution in [1.82, 2.24) is 0 Å². The fourth-order valence-electron chi connectivity index (χ4n) is 2.99. The van der Waals surface area contributed by atoms with Crippen LogP contribution >= 0.6 is 0 Å². The van der Waals surface area contributed by atoms with Gasteiger partial charge in [0.1, 0.15) is 0 Å². The number of carboxylic acids is 1. The molecule has 0 saturated heterocycles. The zero-order valence-corrected chi connectivity index (χ0v) is 11.2. The zero-order chi connectivity index (χ0) is 14.3. The Balaban J connectivity index is 2.44. The number of carbonyl (C=O) groups is 1. The largest absolute Gasteiger partial charge is 0.481 e. The quantitative estimate of drug-likeness (QED) is 0.885. The Hall–Kier alpha value is -1.45. The first-order valence-corrected chi connectivity index (χ1v) is 6.46. The molecule has 104 valence electrons. The van der Waals surface area contributed by atoms with Crippen LogP contribution in [0.5, 0.6) is 0 Å². The van der Waals surface area contributed by atoms with E-state index in [1.54, 1.807) is 6.07 Å². The number of benzene rings is 1. The molecule has 19 heavy (non-hydrogen) atoms. The molecule has 1 aliphatic rings. The number of carboxylic acid groups (broad SMARTS) is 1. The molecule has 1 aliphatic carbocycles. The summed E-state index contributed by atoms with van der Waals surface area (Å²) in [6, 6.07) is 5.54. The second kappa shape index (κ2) is 4.58. The second-order valence-electron chi connectivity index (χ2n) is 5.56. The van der Waals surface area contributed by atoms with Gasteiger partial charge in [-0.1, -0.05) is 23.8 Å². The molecule has 0 heterocycles. The third kappa shape index (κ3) is 2.48. The summed E-state index contributed by atoms with van der Waals surface area (Å²) in [5.41, 5.74) is 1.44. The summed E-state index contributed by atoms with van der Waals surface area (Å²) in [5, 5.41) is 9.56. The van der Waals surface area contributed by atoms with E-state index in [2.05, 4.69) is 0 Å². The fourth-order valence-corrected chi connectivity index (χ4v) is 2.99. The molecule has 0 spiro atoms. The Morgan fingerprint density at radius 3 is 2.21 bits per heavy atom. The molecule has 0 amide bonds. The van der Waals surface area contributed by atoms with Crippen molar-refractivity contribution < 1.29 is 18.7 Å². The highest BCUT2D eigenvalue weighted by Gasteiger charge is 2.49. The van der Waals surface area contributed by atoms with Crippen LogP contribution in [0.4, 0.5) is 8.78 Å². The first kappa shape index (κ1) is 14.0. The van der Waals surface area contributed by atoms with Crippen molar-refractivity contribution in [3.63, 3.8) is 0 Å². The zero-order valence-electron chi connectivity index (χ0n) is 11.2. The molecule has 1 aromatic rings. The molecular formula is C15H18F2O2. The van der Waals surface area contributed by atoms with Crippen LogP contribution in [0.2, 0.25) is 0 Å². The summed E-state index contributed by atoms with van der Waals surface area (Å²) in [6.45, 7) is 3.78. The van der Waals surface area contributed by atoms with Crippen molar-refractivity contribution in [2.24, 2.45) is 0 Å². The standard InChI is InChI=1S/C15H18F2O2/c1-10-3-4-12(11(2)9-10)14(13(18)19)5-7-15(16,17)8-6-14/h3-4,9H,5-8H2,1-2H3,(H,18,19). The topological polar surface area (TPSA) is 37.3 Å². The van der Waals surface area contributed by atoms with Crippen LogP contribution in [0.25, 0.3) is 0 Å². The Morgan fingerprint density at radius 2 is 1.74 bits per heavy atom. The maximum Gasteiger partial charge on any atom is 0.314 e. The Labute approximate surface area is 111 Å². The second-order valence-corrected chi connectivity index (χ2v) is 5.56. The highest BCUT2D eigenvalue weighted by Crippen LogP contribution is 2.46. The van der Waals surface area contributed by atoms with Crippen molar-refractivity contribution in [1.29, 1.82) is 0 Å². The number of rotatable bonds is 2. The predicted octanol–water partition coefficient (Wildman–Crippen LogP) is 3.84. The Bertz CT molecular complexity index is 499. The molecule has 0 aromatic heterocycles. The van der Waals surface area contributed by atoms with Crippen LogP contribution in [-0.2, 0) is 10.2 Å². The van der Waals surface area contributed by atoms with E-state index in [0.29, 0.717) is 5.56 Å². The van der Waals surface area contributed by atoms with Gasteiger partial charge in [-0.05, 0) is 37.8 Å². The van der Waals surface area contributed by atoms with Gasteiger partial charge in [0.25, 0.3) is 0 Å². The molecule has 0 aliphatic heterocycles. The molecule has 1 aromatic carbocycles. The monoisotopic (exact) mass is 268 g/mol. The molecular weight excluding hydrogens is 250 g/mol. The maximum absolute atomic E-state index is 13.3. The van der Waals surface area contributed by atoms with E-state index in [1.165, 1.54) is 0 Å². The first-order chi connectivity index (χ1) is 8.77. The number of hydrogen-bond donors (Lipinski definition) is 1. The van der Waals surface area contributed by atoms with Crippen molar-refractivity contribution in [3.05, 3.63) is 34.9 Å². The van der Waals surface area contributed by atoms with Gasteiger partial charge in [-0.3, -0.25) is 4.79 Å². The molecule has 0 atom stereocenters. The molecule has 2 rings (SSSR count). The molecule has 1 N–H and O–H groups in total. The van der Waals surface area contributed by atoms with Crippen LogP contribution < -0.4 is 0 Å². The van der Waals surface area contributed by atoms with Crippen molar-refractivity contribution in [3.8, 4) is 0 Å². The number of aliphatic carboxylic acids is 1. The lowest BCUT2D eigenvalue weighted by Gasteiger charge is -2.38. The molecule has 1 saturated carbocycles. The van der Waals surface area contributed by atoms with Gasteiger partial charge in [0.2, 0.25) is 5.92 Å². The van der Waals surface area contributed by atoms with E-state index in [9.17, 15) is 18.7 Å².